The number of hydrogen-bond donors (Lipinski definition) is 0. The standard InChI is InChI=1S/C28H19NO4S/c30-18-20-8-6-10-22(16-20)27-25-14-4-5-15-26(25)29(34(32,33)24-12-2-1-3-13-24)28(27)23-11-7-9-21(17-23)19-31/h1-19H. The maximum Gasteiger partial charge on any atom is 0.268 e. The summed E-state index contributed by atoms with van der Waals surface area (Å²) in [7, 11) is -4.01. The third-order valence-corrected chi connectivity index (χ3v) is 7.45. The normalized spacial score (nSPS) is 11.4. The van der Waals surface area contributed by atoms with Gasteiger partial charge in [-0.3, -0.25) is 9.59 Å². The number of benzene rings is 4. The van der Waals surface area contributed by atoms with Crippen LogP contribution in [-0.2, 0) is 10.0 Å². The fourth-order valence-corrected chi connectivity index (χ4v) is 5.81. The lowest BCUT2D eigenvalue weighted by Gasteiger charge is -2.14. The van der Waals surface area contributed by atoms with Crippen LogP contribution < -0.4 is 0 Å². The van der Waals surface area contributed by atoms with Gasteiger partial charge >= 0.3 is 0 Å². The maximum atomic E-state index is 14.0. The van der Waals surface area contributed by atoms with Crippen molar-refractivity contribution in [1.29, 1.82) is 0 Å². The molecule has 0 aliphatic heterocycles. The van der Waals surface area contributed by atoms with Crippen molar-refractivity contribution in [3.63, 3.8) is 0 Å². The van der Waals surface area contributed by atoms with Gasteiger partial charge in [0.2, 0.25) is 0 Å². The smallest absolute Gasteiger partial charge is 0.268 e. The summed E-state index contributed by atoms with van der Waals surface area (Å²) < 4.78 is 29.3. The van der Waals surface area contributed by atoms with Gasteiger partial charge in [0.25, 0.3) is 10.0 Å². The average molecular weight is 466 g/mol. The molecule has 4 aromatic carbocycles. The number of hydrogen-bond acceptors (Lipinski definition) is 4. The molecule has 0 spiro atoms. The maximum absolute atomic E-state index is 14.0. The van der Waals surface area contributed by atoms with Gasteiger partial charge in [-0.25, -0.2) is 12.4 Å². The third kappa shape index (κ3) is 3.54. The van der Waals surface area contributed by atoms with E-state index in [-0.39, 0.29) is 4.90 Å². The molecular weight excluding hydrogens is 446 g/mol. The molecule has 0 aliphatic carbocycles. The van der Waals surface area contributed by atoms with Gasteiger partial charge in [0.1, 0.15) is 12.6 Å². The number of aromatic nitrogens is 1. The lowest BCUT2D eigenvalue weighted by molar-refractivity contribution is 0.111. The monoisotopic (exact) mass is 465 g/mol. The van der Waals surface area contributed by atoms with E-state index in [0.717, 1.165) is 18.0 Å². The predicted molar refractivity (Wildman–Crippen MR) is 133 cm³/mol. The van der Waals surface area contributed by atoms with Gasteiger partial charge in [0.15, 0.2) is 0 Å². The van der Waals surface area contributed by atoms with Gasteiger partial charge in [-0.15, -0.1) is 0 Å². The van der Waals surface area contributed by atoms with Crippen molar-refractivity contribution >= 4 is 33.5 Å². The van der Waals surface area contributed by atoms with Crippen LogP contribution in [0.25, 0.3) is 33.3 Å². The second kappa shape index (κ2) is 8.57. The summed E-state index contributed by atoms with van der Waals surface area (Å²) in [5.74, 6) is 0. The molecule has 0 saturated carbocycles. The highest BCUT2D eigenvalue weighted by Crippen LogP contribution is 2.43. The minimum Gasteiger partial charge on any atom is -0.298 e. The highest BCUT2D eigenvalue weighted by molar-refractivity contribution is 7.90. The molecular formula is C28H19NO4S. The van der Waals surface area contributed by atoms with Crippen LogP contribution >= 0.6 is 0 Å². The van der Waals surface area contributed by atoms with Gasteiger partial charge < -0.3 is 0 Å². The molecule has 0 bridgehead atoms. The average Bonchev–Trinajstić information content (AvgIpc) is 3.25. The van der Waals surface area contributed by atoms with E-state index >= 15 is 0 Å². The molecule has 34 heavy (non-hydrogen) atoms. The van der Waals surface area contributed by atoms with E-state index in [4.69, 9.17) is 0 Å². The minimum atomic E-state index is -4.01. The highest BCUT2D eigenvalue weighted by atomic mass is 32.2. The van der Waals surface area contributed by atoms with Gasteiger partial charge in [0.05, 0.1) is 16.1 Å². The fraction of sp³-hybridized carbons (Fsp3) is 0. The first-order valence-corrected chi connectivity index (χ1v) is 12.0. The molecule has 5 rings (SSSR count). The molecule has 1 aromatic heterocycles. The third-order valence-electron chi connectivity index (χ3n) is 5.72. The van der Waals surface area contributed by atoms with Crippen LogP contribution in [0.15, 0.2) is 108 Å². The largest absolute Gasteiger partial charge is 0.298 e. The molecule has 0 fully saturated rings. The van der Waals surface area contributed by atoms with E-state index in [1.807, 2.05) is 18.2 Å². The second-order valence-corrected chi connectivity index (χ2v) is 9.60. The van der Waals surface area contributed by atoms with Crippen LogP contribution in [0, 0.1) is 0 Å². The Bertz CT molecular complexity index is 1650. The topological polar surface area (TPSA) is 73.2 Å². The second-order valence-electron chi connectivity index (χ2n) is 7.81. The van der Waals surface area contributed by atoms with Crippen molar-refractivity contribution in [2.45, 2.75) is 4.90 Å². The van der Waals surface area contributed by atoms with Crippen molar-refractivity contribution < 1.29 is 18.0 Å². The van der Waals surface area contributed by atoms with Crippen LogP contribution in [0.1, 0.15) is 20.7 Å². The Morgan fingerprint density at radius 3 is 1.88 bits per heavy atom. The number of carbonyl (C=O) groups excluding carboxylic acids is 2. The van der Waals surface area contributed by atoms with Crippen LogP contribution in [0.2, 0.25) is 0 Å². The Labute approximate surface area is 197 Å². The van der Waals surface area contributed by atoms with Crippen molar-refractivity contribution in [2.75, 3.05) is 0 Å². The number of aldehydes is 2. The number of nitrogens with zero attached hydrogens (tertiary/aromatic N) is 1. The summed E-state index contributed by atoms with van der Waals surface area (Å²) >= 11 is 0. The van der Waals surface area contributed by atoms with Crippen LogP contribution in [0.3, 0.4) is 0 Å². The van der Waals surface area contributed by atoms with E-state index in [1.165, 1.54) is 3.97 Å². The molecule has 0 N–H and O–H groups in total. The SMILES string of the molecule is O=Cc1cccc(-c2c(-c3cccc(C=O)c3)n(S(=O)(=O)c3ccccc3)c3ccccc23)c1. The van der Waals surface area contributed by atoms with Crippen LogP contribution in [0.5, 0.6) is 0 Å². The number of fused-ring (bicyclic) bond motifs is 1. The first-order valence-electron chi connectivity index (χ1n) is 10.6. The molecule has 0 atom stereocenters. The number of rotatable bonds is 6. The molecule has 0 aliphatic rings. The molecule has 5 aromatic rings. The zero-order chi connectivity index (χ0) is 23.7. The number of carbonyl (C=O) groups is 2. The van der Waals surface area contributed by atoms with E-state index in [0.29, 0.717) is 39.0 Å². The zero-order valence-corrected chi connectivity index (χ0v) is 18.8. The summed E-state index contributed by atoms with van der Waals surface area (Å²) in [5.41, 5.74) is 3.79. The van der Waals surface area contributed by atoms with E-state index in [9.17, 15) is 18.0 Å². The highest BCUT2D eigenvalue weighted by Gasteiger charge is 2.28. The summed E-state index contributed by atoms with van der Waals surface area (Å²) in [6.07, 6.45) is 1.49. The Balaban J connectivity index is 1.98. The molecule has 0 saturated heterocycles. The molecule has 0 amide bonds. The Morgan fingerprint density at radius 2 is 1.21 bits per heavy atom. The predicted octanol–water partition coefficient (Wildman–Crippen LogP) is 5.84. The van der Waals surface area contributed by atoms with Crippen molar-refractivity contribution in [3.05, 3.63) is 114 Å². The van der Waals surface area contributed by atoms with E-state index < -0.39 is 10.0 Å². The molecule has 1 heterocycles. The molecule has 6 heteroatoms. The number of para-hydroxylation sites is 1. The first-order chi connectivity index (χ1) is 16.5. The van der Waals surface area contributed by atoms with Gasteiger partial charge in [-0.05, 0) is 35.9 Å². The van der Waals surface area contributed by atoms with Crippen molar-refractivity contribution in [2.24, 2.45) is 0 Å². The summed E-state index contributed by atoms with van der Waals surface area (Å²) in [6, 6.07) is 29.4. The Morgan fingerprint density at radius 1 is 0.618 bits per heavy atom. The summed E-state index contributed by atoms with van der Waals surface area (Å²) in [4.78, 5) is 23.2. The van der Waals surface area contributed by atoms with Gasteiger partial charge in [-0.2, -0.15) is 0 Å². The Kier molecular flexibility index (Phi) is 5.43. The molecule has 5 nitrogen and oxygen atoms in total. The Hall–Kier alpha value is -4.29. The van der Waals surface area contributed by atoms with Crippen molar-refractivity contribution in [3.8, 4) is 22.4 Å². The van der Waals surface area contributed by atoms with Gasteiger partial charge in [-0.1, -0.05) is 72.8 Å². The van der Waals surface area contributed by atoms with Crippen molar-refractivity contribution in [1.82, 2.24) is 3.97 Å². The summed E-state index contributed by atoms with van der Waals surface area (Å²) in [5, 5.41) is 0.719. The van der Waals surface area contributed by atoms with Gasteiger partial charge in [0, 0.05) is 27.6 Å². The van der Waals surface area contributed by atoms with E-state index in [2.05, 4.69) is 0 Å². The lowest BCUT2D eigenvalue weighted by Crippen LogP contribution is -2.14. The van der Waals surface area contributed by atoms with E-state index in [1.54, 1.807) is 84.9 Å². The fourth-order valence-electron chi connectivity index (χ4n) is 4.24. The minimum absolute atomic E-state index is 0.150. The molecule has 166 valence electrons. The molecule has 0 unspecified atom stereocenters. The zero-order valence-electron chi connectivity index (χ0n) is 18.0. The quantitative estimate of drug-likeness (QED) is 0.296. The summed E-state index contributed by atoms with van der Waals surface area (Å²) in [6.45, 7) is 0. The van der Waals surface area contributed by atoms with Crippen LogP contribution in [0.4, 0.5) is 0 Å². The molecule has 0 radical (unpaired) electrons. The lowest BCUT2D eigenvalue weighted by atomic mass is 9.96. The first kappa shape index (κ1) is 21.6. The van der Waals surface area contributed by atoms with Crippen LogP contribution in [-0.4, -0.2) is 25.0 Å².